The largest absolute Gasteiger partial charge is 0.383 e. The van der Waals surface area contributed by atoms with E-state index in [-0.39, 0.29) is 0 Å². The third-order valence-electron chi connectivity index (χ3n) is 2.58. The molecule has 1 amide bonds. The quantitative estimate of drug-likeness (QED) is 0.686. The van der Waals surface area contributed by atoms with E-state index in [0.29, 0.717) is 6.54 Å². The Kier molecular flexibility index (Phi) is 4.34. The average Bonchev–Trinajstić information content (AvgIpc) is 2.26. The van der Waals surface area contributed by atoms with Crippen LogP contribution in [0.2, 0.25) is 0 Å². The number of amides is 1. The summed E-state index contributed by atoms with van der Waals surface area (Å²) >= 11 is 0. The minimum atomic E-state index is -0.667. The van der Waals surface area contributed by atoms with E-state index >= 15 is 0 Å². The van der Waals surface area contributed by atoms with Gasteiger partial charge in [-0.3, -0.25) is 4.79 Å². The standard InChI is InChI=1S/C12H20N4O/c1-8-4-5-9(6-11(8)16(2)3)15-7-10(13)12(14)17/h4-6,10,15H,7,13H2,1-3H3,(H2,14,17). The summed E-state index contributed by atoms with van der Waals surface area (Å²) in [6.45, 7) is 2.39. The Morgan fingerprint density at radius 3 is 2.65 bits per heavy atom. The van der Waals surface area contributed by atoms with Crippen LogP contribution < -0.4 is 21.7 Å². The number of carbonyl (C=O) groups is 1. The number of nitrogens with one attached hydrogen (secondary N) is 1. The van der Waals surface area contributed by atoms with Crippen molar-refractivity contribution in [2.75, 3.05) is 30.9 Å². The zero-order valence-electron chi connectivity index (χ0n) is 10.5. The molecule has 0 aliphatic heterocycles. The van der Waals surface area contributed by atoms with Crippen LogP contribution in [0.5, 0.6) is 0 Å². The molecule has 17 heavy (non-hydrogen) atoms. The number of nitrogens with two attached hydrogens (primary N) is 2. The lowest BCUT2D eigenvalue weighted by Crippen LogP contribution is -2.41. The third kappa shape index (κ3) is 3.64. The molecule has 0 saturated heterocycles. The number of aryl methyl sites for hydroxylation is 1. The predicted octanol–water partition coefficient (Wildman–Crippen LogP) is 0.286. The van der Waals surface area contributed by atoms with Crippen molar-refractivity contribution >= 4 is 17.3 Å². The van der Waals surface area contributed by atoms with Gasteiger partial charge in [-0.25, -0.2) is 0 Å². The predicted molar refractivity (Wildman–Crippen MR) is 71.2 cm³/mol. The van der Waals surface area contributed by atoms with Crippen molar-refractivity contribution in [3.8, 4) is 0 Å². The lowest BCUT2D eigenvalue weighted by Gasteiger charge is -2.18. The number of primary amides is 1. The first kappa shape index (κ1) is 13.3. The van der Waals surface area contributed by atoms with Gasteiger partial charge in [-0.15, -0.1) is 0 Å². The van der Waals surface area contributed by atoms with Gasteiger partial charge in [0.15, 0.2) is 0 Å². The van der Waals surface area contributed by atoms with Gasteiger partial charge in [0.05, 0.1) is 0 Å². The lowest BCUT2D eigenvalue weighted by molar-refractivity contribution is -0.118. The average molecular weight is 236 g/mol. The fourth-order valence-electron chi connectivity index (χ4n) is 1.53. The molecule has 1 aromatic rings. The van der Waals surface area contributed by atoms with Crippen molar-refractivity contribution in [2.45, 2.75) is 13.0 Å². The van der Waals surface area contributed by atoms with E-state index in [9.17, 15) is 4.79 Å². The number of benzene rings is 1. The minimum Gasteiger partial charge on any atom is -0.383 e. The number of hydrogen-bond acceptors (Lipinski definition) is 4. The number of nitrogens with zero attached hydrogens (tertiary/aromatic N) is 1. The Morgan fingerprint density at radius 1 is 1.47 bits per heavy atom. The van der Waals surface area contributed by atoms with Crippen LogP contribution in [0.3, 0.4) is 0 Å². The molecule has 0 fully saturated rings. The van der Waals surface area contributed by atoms with Gasteiger partial charge < -0.3 is 21.7 Å². The zero-order valence-corrected chi connectivity index (χ0v) is 10.5. The molecule has 0 aromatic heterocycles. The third-order valence-corrected chi connectivity index (χ3v) is 2.58. The van der Waals surface area contributed by atoms with Gasteiger partial charge in [0.2, 0.25) is 5.91 Å². The Balaban J connectivity index is 2.73. The monoisotopic (exact) mass is 236 g/mol. The summed E-state index contributed by atoms with van der Waals surface area (Å²) in [5, 5.41) is 3.10. The maximum atomic E-state index is 10.8. The van der Waals surface area contributed by atoms with Crippen LogP contribution in [0, 0.1) is 6.92 Å². The molecule has 5 nitrogen and oxygen atoms in total. The van der Waals surface area contributed by atoms with Gasteiger partial charge >= 0.3 is 0 Å². The van der Waals surface area contributed by atoms with E-state index in [4.69, 9.17) is 11.5 Å². The molecule has 5 heteroatoms. The summed E-state index contributed by atoms with van der Waals surface area (Å²) in [5.41, 5.74) is 13.9. The molecule has 0 aliphatic carbocycles. The van der Waals surface area contributed by atoms with Crippen molar-refractivity contribution in [1.29, 1.82) is 0 Å². The van der Waals surface area contributed by atoms with Gasteiger partial charge in [-0.2, -0.15) is 0 Å². The van der Waals surface area contributed by atoms with E-state index in [1.165, 1.54) is 5.56 Å². The first-order valence-electron chi connectivity index (χ1n) is 5.48. The summed E-state index contributed by atoms with van der Waals surface area (Å²) in [6, 6.07) is 5.33. The smallest absolute Gasteiger partial charge is 0.236 e. The molecule has 0 spiro atoms. The van der Waals surface area contributed by atoms with E-state index in [1.807, 2.05) is 44.1 Å². The molecule has 94 valence electrons. The molecule has 0 saturated carbocycles. The summed E-state index contributed by atoms with van der Waals surface area (Å²) < 4.78 is 0. The van der Waals surface area contributed by atoms with Crippen molar-refractivity contribution in [3.05, 3.63) is 23.8 Å². The van der Waals surface area contributed by atoms with Crippen LogP contribution >= 0.6 is 0 Å². The Bertz CT molecular complexity index is 403. The van der Waals surface area contributed by atoms with E-state index in [1.54, 1.807) is 0 Å². The van der Waals surface area contributed by atoms with Crippen LogP contribution in [0.4, 0.5) is 11.4 Å². The second-order valence-electron chi connectivity index (χ2n) is 4.29. The highest BCUT2D eigenvalue weighted by atomic mass is 16.1. The highest BCUT2D eigenvalue weighted by Gasteiger charge is 2.09. The van der Waals surface area contributed by atoms with E-state index in [0.717, 1.165) is 11.4 Å². The van der Waals surface area contributed by atoms with Gasteiger partial charge in [0.1, 0.15) is 6.04 Å². The molecule has 0 radical (unpaired) electrons. The number of carbonyl (C=O) groups excluding carboxylic acids is 1. The molecule has 1 atom stereocenters. The molecular formula is C12H20N4O. The molecule has 0 heterocycles. The van der Waals surface area contributed by atoms with Crippen molar-refractivity contribution in [3.63, 3.8) is 0 Å². The number of hydrogen-bond donors (Lipinski definition) is 3. The summed E-state index contributed by atoms with van der Waals surface area (Å²) in [5.74, 6) is -0.502. The second-order valence-corrected chi connectivity index (χ2v) is 4.29. The normalized spacial score (nSPS) is 12.0. The lowest BCUT2D eigenvalue weighted by atomic mass is 10.1. The Hall–Kier alpha value is -1.75. The van der Waals surface area contributed by atoms with Crippen molar-refractivity contribution < 1.29 is 4.79 Å². The second kappa shape index (κ2) is 5.54. The topological polar surface area (TPSA) is 84.4 Å². The molecule has 0 bridgehead atoms. The van der Waals surface area contributed by atoms with Gasteiger partial charge in [0, 0.05) is 32.0 Å². The molecule has 1 unspecified atom stereocenters. The molecular weight excluding hydrogens is 216 g/mol. The van der Waals surface area contributed by atoms with Gasteiger partial charge in [0.25, 0.3) is 0 Å². The Morgan fingerprint density at radius 2 is 2.12 bits per heavy atom. The van der Waals surface area contributed by atoms with Crippen molar-refractivity contribution in [1.82, 2.24) is 0 Å². The summed E-state index contributed by atoms with van der Waals surface area (Å²) in [7, 11) is 3.97. The van der Waals surface area contributed by atoms with Crippen LogP contribution in [-0.2, 0) is 4.79 Å². The van der Waals surface area contributed by atoms with Crippen molar-refractivity contribution in [2.24, 2.45) is 11.5 Å². The zero-order chi connectivity index (χ0) is 13.0. The van der Waals surface area contributed by atoms with Crippen LogP contribution in [0.1, 0.15) is 5.56 Å². The highest BCUT2D eigenvalue weighted by molar-refractivity contribution is 5.80. The molecule has 5 N–H and O–H groups in total. The van der Waals surface area contributed by atoms with Gasteiger partial charge in [-0.05, 0) is 24.6 Å². The molecule has 1 aromatic carbocycles. The van der Waals surface area contributed by atoms with Crippen LogP contribution in [0.25, 0.3) is 0 Å². The SMILES string of the molecule is Cc1ccc(NCC(N)C(N)=O)cc1N(C)C. The molecule has 1 rings (SSSR count). The first-order valence-corrected chi connectivity index (χ1v) is 5.48. The maximum absolute atomic E-state index is 10.8. The fraction of sp³-hybridized carbons (Fsp3) is 0.417. The number of rotatable bonds is 5. The highest BCUT2D eigenvalue weighted by Crippen LogP contribution is 2.22. The van der Waals surface area contributed by atoms with Crippen LogP contribution in [0.15, 0.2) is 18.2 Å². The van der Waals surface area contributed by atoms with E-state index < -0.39 is 11.9 Å². The minimum absolute atomic E-state index is 0.339. The molecule has 0 aliphatic rings. The Labute approximate surface area is 102 Å². The number of anilines is 2. The summed E-state index contributed by atoms with van der Waals surface area (Å²) in [6.07, 6.45) is 0. The first-order chi connectivity index (χ1) is 7.91. The fourth-order valence-corrected chi connectivity index (χ4v) is 1.53. The van der Waals surface area contributed by atoms with Gasteiger partial charge in [-0.1, -0.05) is 6.07 Å². The van der Waals surface area contributed by atoms with E-state index in [2.05, 4.69) is 5.32 Å². The summed E-state index contributed by atoms with van der Waals surface area (Å²) in [4.78, 5) is 12.8. The van der Waals surface area contributed by atoms with Crippen LogP contribution in [-0.4, -0.2) is 32.6 Å². The maximum Gasteiger partial charge on any atom is 0.236 e.